The van der Waals surface area contributed by atoms with Gasteiger partial charge < -0.3 is 15.1 Å². The maximum absolute atomic E-state index is 12.9. The molecule has 2 aromatic rings. The topological polar surface area (TPSA) is 52.7 Å². The lowest BCUT2D eigenvalue weighted by Gasteiger charge is -2.36. The smallest absolute Gasteiger partial charge is 0.251 e. The van der Waals surface area contributed by atoms with Crippen LogP contribution in [0.2, 0.25) is 5.02 Å². The van der Waals surface area contributed by atoms with Gasteiger partial charge in [-0.1, -0.05) is 23.7 Å². The number of nitrogens with one attached hydrogen (secondary N) is 1. The molecule has 2 amide bonds. The van der Waals surface area contributed by atoms with Crippen molar-refractivity contribution >= 4 is 29.1 Å². The standard InChI is InChI=1S/C19H19ClFN3O2/c20-16-3-1-2-4-17(16)23-9-11-24(12-10-23)18(25)13-22-19(26)14-5-7-15(21)8-6-14/h1-8H,9-13H2,(H,22,26). The van der Waals surface area contributed by atoms with Gasteiger partial charge in [0, 0.05) is 31.7 Å². The highest BCUT2D eigenvalue weighted by molar-refractivity contribution is 6.33. The Morgan fingerprint density at radius 3 is 2.31 bits per heavy atom. The average molecular weight is 376 g/mol. The number of hydrogen-bond donors (Lipinski definition) is 1. The fourth-order valence-corrected chi connectivity index (χ4v) is 3.13. The van der Waals surface area contributed by atoms with E-state index < -0.39 is 11.7 Å². The van der Waals surface area contributed by atoms with Crippen molar-refractivity contribution in [1.29, 1.82) is 0 Å². The fourth-order valence-electron chi connectivity index (χ4n) is 2.88. The van der Waals surface area contributed by atoms with Crippen LogP contribution in [0.25, 0.3) is 0 Å². The van der Waals surface area contributed by atoms with E-state index in [4.69, 9.17) is 11.6 Å². The van der Waals surface area contributed by atoms with Crippen LogP contribution in [0.15, 0.2) is 48.5 Å². The number of para-hydroxylation sites is 1. The Balaban J connectivity index is 1.48. The molecule has 1 aliphatic rings. The highest BCUT2D eigenvalue weighted by Gasteiger charge is 2.22. The van der Waals surface area contributed by atoms with Gasteiger partial charge in [0.05, 0.1) is 17.3 Å². The van der Waals surface area contributed by atoms with Crippen LogP contribution in [0, 0.1) is 5.82 Å². The van der Waals surface area contributed by atoms with Gasteiger partial charge in [-0.05, 0) is 36.4 Å². The summed E-state index contributed by atoms with van der Waals surface area (Å²) in [7, 11) is 0. The summed E-state index contributed by atoms with van der Waals surface area (Å²) in [5.74, 6) is -0.943. The van der Waals surface area contributed by atoms with Crippen LogP contribution in [0.1, 0.15) is 10.4 Å². The summed E-state index contributed by atoms with van der Waals surface area (Å²) in [6.07, 6.45) is 0. The summed E-state index contributed by atoms with van der Waals surface area (Å²) in [6, 6.07) is 12.8. The third-order valence-corrected chi connectivity index (χ3v) is 4.65. The number of amides is 2. The Kier molecular flexibility index (Phi) is 5.73. The van der Waals surface area contributed by atoms with E-state index in [0.29, 0.717) is 36.8 Å². The highest BCUT2D eigenvalue weighted by Crippen LogP contribution is 2.25. The largest absolute Gasteiger partial charge is 0.367 e. The summed E-state index contributed by atoms with van der Waals surface area (Å²) in [4.78, 5) is 28.2. The zero-order chi connectivity index (χ0) is 18.5. The van der Waals surface area contributed by atoms with Crippen molar-refractivity contribution in [3.8, 4) is 0 Å². The molecule has 1 saturated heterocycles. The molecule has 1 N–H and O–H groups in total. The van der Waals surface area contributed by atoms with Gasteiger partial charge in [0.1, 0.15) is 5.82 Å². The third kappa shape index (κ3) is 4.32. The molecule has 0 spiro atoms. The molecule has 3 rings (SSSR count). The molecule has 2 aromatic carbocycles. The minimum atomic E-state index is -0.408. The summed E-state index contributed by atoms with van der Waals surface area (Å²) < 4.78 is 12.9. The molecule has 0 atom stereocenters. The molecular formula is C19H19ClFN3O2. The molecule has 0 saturated carbocycles. The lowest BCUT2D eigenvalue weighted by molar-refractivity contribution is -0.130. The number of rotatable bonds is 4. The molecule has 0 unspecified atom stereocenters. The summed E-state index contributed by atoms with van der Waals surface area (Å²) in [5.41, 5.74) is 1.29. The van der Waals surface area contributed by atoms with Crippen molar-refractivity contribution in [3.05, 3.63) is 64.9 Å². The fraction of sp³-hybridized carbons (Fsp3) is 0.263. The quantitative estimate of drug-likeness (QED) is 0.893. The molecule has 1 fully saturated rings. The first-order valence-electron chi connectivity index (χ1n) is 8.35. The van der Waals surface area contributed by atoms with E-state index in [0.717, 1.165) is 5.69 Å². The van der Waals surface area contributed by atoms with Crippen LogP contribution in [-0.4, -0.2) is 49.4 Å². The number of carbonyl (C=O) groups is 2. The van der Waals surface area contributed by atoms with E-state index in [1.807, 2.05) is 24.3 Å². The zero-order valence-electron chi connectivity index (χ0n) is 14.1. The van der Waals surface area contributed by atoms with Gasteiger partial charge in [0.25, 0.3) is 5.91 Å². The highest BCUT2D eigenvalue weighted by atomic mass is 35.5. The summed E-state index contributed by atoms with van der Waals surface area (Å²) >= 11 is 6.22. The Labute approximate surface area is 156 Å². The molecule has 136 valence electrons. The Bertz CT molecular complexity index is 790. The molecule has 0 bridgehead atoms. The lowest BCUT2D eigenvalue weighted by atomic mass is 10.2. The van der Waals surface area contributed by atoms with Gasteiger partial charge >= 0.3 is 0 Å². The summed E-state index contributed by atoms with van der Waals surface area (Å²) in [6.45, 7) is 2.41. The van der Waals surface area contributed by atoms with Gasteiger partial charge in [0.2, 0.25) is 5.91 Å². The maximum atomic E-state index is 12.9. The first kappa shape index (κ1) is 18.2. The average Bonchev–Trinajstić information content (AvgIpc) is 2.67. The summed E-state index contributed by atoms with van der Waals surface area (Å²) in [5, 5.41) is 3.27. The first-order chi connectivity index (χ1) is 12.5. The SMILES string of the molecule is O=C(NCC(=O)N1CCN(c2ccccc2Cl)CC1)c1ccc(F)cc1. The zero-order valence-corrected chi connectivity index (χ0v) is 14.9. The van der Waals surface area contributed by atoms with Gasteiger partial charge in [-0.25, -0.2) is 4.39 Å². The number of hydrogen-bond acceptors (Lipinski definition) is 3. The molecule has 0 aromatic heterocycles. The van der Waals surface area contributed by atoms with E-state index in [1.54, 1.807) is 4.90 Å². The third-order valence-electron chi connectivity index (χ3n) is 4.33. The van der Waals surface area contributed by atoms with Crippen molar-refractivity contribution < 1.29 is 14.0 Å². The van der Waals surface area contributed by atoms with Crippen LogP contribution in [0.4, 0.5) is 10.1 Å². The number of halogens is 2. The normalized spacial score (nSPS) is 14.2. The lowest BCUT2D eigenvalue weighted by Crippen LogP contribution is -2.51. The van der Waals surface area contributed by atoms with Gasteiger partial charge in [-0.3, -0.25) is 9.59 Å². The van der Waals surface area contributed by atoms with Gasteiger partial charge in [-0.15, -0.1) is 0 Å². The second-order valence-corrected chi connectivity index (χ2v) is 6.42. The van der Waals surface area contributed by atoms with E-state index in [1.165, 1.54) is 24.3 Å². The predicted octanol–water partition coefficient (Wildman–Crippen LogP) is 2.56. The van der Waals surface area contributed by atoms with Crippen LogP contribution in [-0.2, 0) is 4.79 Å². The molecule has 1 aliphatic heterocycles. The minimum Gasteiger partial charge on any atom is -0.367 e. The monoisotopic (exact) mass is 375 g/mol. The van der Waals surface area contributed by atoms with Crippen molar-refractivity contribution in [2.24, 2.45) is 0 Å². The molecular weight excluding hydrogens is 357 g/mol. The molecule has 7 heteroatoms. The van der Waals surface area contributed by atoms with Gasteiger partial charge in [0.15, 0.2) is 0 Å². The Morgan fingerprint density at radius 1 is 1.00 bits per heavy atom. The molecule has 5 nitrogen and oxygen atoms in total. The maximum Gasteiger partial charge on any atom is 0.251 e. The van der Waals surface area contributed by atoms with E-state index in [9.17, 15) is 14.0 Å². The first-order valence-corrected chi connectivity index (χ1v) is 8.73. The van der Waals surface area contributed by atoms with E-state index >= 15 is 0 Å². The minimum absolute atomic E-state index is 0.0810. The van der Waals surface area contributed by atoms with Crippen LogP contribution in [0.3, 0.4) is 0 Å². The number of anilines is 1. The second-order valence-electron chi connectivity index (χ2n) is 6.01. The Hall–Kier alpha value is -2.60. The molecule has 0 radical (unpaired) electrons. The van der Waals surface area contributed by atoms with E-state index in [2.05, 4.69) is 10.2 Å². The number of piperazine rings is 1. The molecule has 1 heterocycles. The van der Waals surface area contributed by atoms with Crippen LogP contribution in [0.5, 0.6) is 0 Å². The molecule has 0 aliphatic carbocycles. The Morgan fingerprint density at radius 2 is 1.65 bits per heavy atom. The van der Waals surface area contributed by atoms with Crippen molar-refractivity contribution in [2.45, 2.75) is 0 Å². The predicted molar refractivity (Wildman–Crippen MR) is 99.0 cm³/mol. The second kappa shape index (κ2) is 8.19. The molecule has 26 heavy (non-hydrogen) atoms. The van der Waals surface area contributed by atoms with Crippen molar-refractivity contribution in [1.82, 2.24) is 10.2 Å². The van der Waals surface area contributed by atoms with Gasteiger partial charge in [-0.2, -0.15) is 0 Å². The van der Waals surface area contributed by atoms with Crippen molar-refractivity contribution in [2.75, 3.05) is 37.6 Å². The van der Waals surface area contributed by atoms with Crippen LogP contribution >= 0.6 is 11.6 Å². The number of nitrogens with zero attached hydrogens (tertiary/aromatic N) is 2. The number of carbonyl (C=O) groups excluding carboxylic acids is 2. The number of benzene rings is 2. The van der Waals surface area contributed by atoms with Crippen molar-refractivity contribution in [3.63, 3.8) is 0 Å². The van der Waals surface area contributed by atoms with E-state index in [-0.39, 0.29) is 12.5 Å². The van der Waals surface area contributed by atoms with Crippen LogP contribution < -0.4 is 10.2 Å².